The Kier molecular flexibility index (Phi) is 45.3. The van der Waals surface area contributed by atoms with Crippen LogP contribution in [0.2, 0.25) is 0 Å². The van der Waals surface area contributed by atoms with Gasteiger partial charge in [0.05, 0.1) is 21.2 Å². The molecular formula is C72H60Cl4Cu4O8P4. The fourth-order valence-electron chi connectivity index (χ4n) is 7.31. The zero-order chi connectivity index (χ0) is 57.3. The van der Waals surface area contributed by atoms with Crippen LogP contribution in [0.5, 0.6) is 46.0 Å². The van der Waals surface area contributed by atoms with E-state index in [0.29, 0.717) is 0 Å². The molecule has 0 aliphatic heterocycles. The van der Waals surface area contributed by atoms with E-state index in [1.807, 2.05) is 364 Å². The van der Waals surface area contributed by atoms with Crippen LogP contribution in [0.1, 0.15) is 0 Å². The fraction of sp³-hybridized carbons (Fsp3) is 0. The third-order valence-corrected chi connectivity index (χ3v) is 17.2. The van der Waals surface area contributed by atoms with Crippen LogP contribution in [-0.4, -0.2) is 0 Å². The van der Waals surface area contributed by atoms with E-state index in [-0.39, 0.29) is 118 Å². The first-order valence-corrected chi connectivity index (χ1v) is 31.6. The van der Waals surface area contributed by atoms with Crippen molar-refractivity contribution in [2.45, 2.75) is 0 Å². The zero-order valence-corrected chi connectivity index (χ0v) is 58.8. The van der Waals surface area contributed by atoms with Gasteiger partial charge in [-0.3, -0.25) is 0 Å². The van der Waals surface area contributed by atoms with Crippen LogP contribution < -0.4 is 107 Å². The number of hydrogen-bond acceptors (Lipinski definition) is 8. The Morgan fingerprint density at radius 1 is 0.130 bits per heavy atom. The normalized spacial score (nSPS) is 9.43. The van der Waals surface area contributed by atoms with Crippen molar-refractivity contribution in [2.75, 3.05) is 0 Å². The second kappa shape index (κ2) is 49.6. The number of rotatable bonds is 20. The van der Waals surface area contributed by atoms with Gasteiger partial charge < -0.3 is 85.8 Å². The molecule has 0 heterocycles. The summed E-state index contributed by atoms with van der Waals surface area (Å²) in [4.78, 5) is 0. The summed E-state index contributed by atoms with van der Waals surface area (Å²) in [5.41, 5.74) is 0. The summed E-state index contributed by atoms with van der Waals surface area (Å²) >= 11 is 0. The predicted octanol–water partition coefficient (Wildman–Crippen LogP) is 7.13. The van der Waals surface area contributed by atoms with Crippen molar-refractivity contribution in [1.82, 2.24) is 0 Å². The van der Waals surface area contributed by atoms with E-state index in [9.17, 15) is 0 Å². The van der Waals surface area contributed by atoms with Crippen LogP contribution >= 0.6 is 33.5 Å². The topological polar surface area (TPSA) is 73.8 Å². The Morgan fingerprint density at radius 3 is 0.315 bits per heavy atom. The Balaban J connectivity index is 0.000000596. The van der Waals surface area contributed by atoms with Crippen molar-refractivity contribution in [2.24, 2.45) is 0 Å². The first-order chi connectivity index (χ1) is 41.7. The molecule has 0 aromatic heterocycles. The standard InChI is InChI=1S/4C18H15O2P.4ClH.4Cu/c4*1-4-10-16(11-5-1)19-21(18-14-8-3-9-15-18)20-17-12-6-2-7-13-17;;;;;;;;/h4*1-15H;4*1H;;;;/q;;;;;;;;4*+1/p-4. The van der Waals surface area contributed by atoms with E-state index in [1.165, 1.54) is 0 Å². The van der Waals surface area contributed by atoms with Crippen LogP contribution in [0.3, 0.4) is 0 Å². The minimum Gasteiger partial charge on any atom is -1.00 e. The van der Waals surface area contributed by atoms with Gasteiger partial charge in [0.1, 0.15) is 46.0 Å². The molecule has 12 aromatic rings. The molecule has 0 N–H and O–H groups in total. The number of para-hydroxylation sites is 8. The molecule has 8 nitrogen and oxygen atoms in total. The van der Waals surface area contributed by atoms with E-state index in [4.69, 9.17) is 36.2 Å². The SMILES string of the molecule is [Cl-].[Cl-].[Cl-].[Cl-].[Cu+].[Cu+].[Cu+].[Cu+].c1ccc(OP(Oc2ccccc2)c2ccccc2)cc1.c1ccc(OP(Oc2ccccc2)c2ccccc2)cc1.c1ccc(OP(Oc2ccccc2)c2ccccc2)cc1.c1ccc(OP(Oc2ccccc2)c2ccccc2)cc1. The number of benzene rings is 12. The fourth-order valence-corrected chi connectivity index (χ4v) is 12.5. The average molecular weight is 1570 g/mol. The van der Waals surface area contributed by atoms with Gasteiger partial charge in [-0.05, 0) is 146 Å². The molecule has 0 aliphatic rings. The third kappa shape index (κ3) is 30.4. The van der Waals surface area contributed by atoms with Crippen LogP contribution in [0, 0.1) is 0 Å². The van der Waals surface area contributed by atoms with Gasteiger partial charge in [0.2, 0.25) is 0 Å². The quantitative estimate of drug-likeness (QED) is 0.0591. The maximum Gasteiger partial charge on any atom is 1.00 e. The number of halogens is 4. The van der Waals surface area contributed by atoms with Crippen molar-refractivity contribution < 1.29 is 154 Å². The molecule has 0 atom stereocenters. The van der Waals surface area contributed by atoms with Gasteiger partial charge >= 0.3 is 102 Å². The molecule has 0 unspecified atom stereocenters. The predicted molar refractivity (Wildman–Crippen MR) is 349 cm³/mol. The minimum absolute atomic E-state index is 0. The van der Waals surface area contributed by atoms with Crippen LogP contribution in [0.25, 0.3) is 0 Å². The van der Waals surface area contributed by atoms with Crippen molar-refractivity contribution in [3.05, 3.63) is 364 Å². The van der Waals surface area contributed by atoms with Gasteiger partial charge in [0, 0.05) is 0 Å². The summed E-state index contributed by atoms with van der Waals surface area (Å²) in [6, 6.07) is 118. The monoisotopic (exact) mass is 1570 g/mol. The van der Waals surface area contributed by atoms with E-state index in [0.717, 1.165) is 67.2 Å². The van der Waals surface area contributed by atoms with Crippen molar-refractivity contribution in [3.63, 3.8) is 0 Å². The van der Waals surface area contributed by atoms with Crippen molar-refractivity contribution in [3.8, 4) is 46.0 Å². The second-order valence-corrected chi connectivity index (χ2v) is 23.2. The molecular weight excluding hydrogens is 1510 g/mol. The van der Waals surface area contributed by atoms with Crippen LogP contribution in [0.15, 0.2) is 364 Å². The third-order valence-electron chi connectivity index (χ3n) is 11.3. The van der Waals surface area contributed by atoms with Crippen molar-refractivity contribution >= 4 is 54.7 Å². The zero-order valence-electron chi connectivity index (χ0n) is 48.4. The first kappa shape index (κ1) is 84.0. The van der Waals surface area contributed by atoms with E-state index in [2.05, 4.69) is 0 Å². The Labute approximate surface area is 613 Å². The van der Waals surface area contributed by atoms with Gasteiger partial charge in [0.15, 0.2) is 0 Å². The molecule has 20 heteroatoms. The number of hydrogen-bond donors (Lipinski definition) is 0. The van der Waals surface area contributed by atoms with E-state index in [1.54, 1.807) is 0 Å². The molecule has 0 radical (unpaired) electrons. The first-order valence-electron chi connectivity index (χ1n) is 26.9. The summed E-state index contributed by atoms with van der Waals surface area (Å²) in [6.07, 6.45) is 0. The molecule has 0 saturated carbocycles. The second-order valence-electron chi connectivity index (χ2n) is 17.6. The summed E-state index contributed by atoms with van der Waals surface area (Å²) in [7, 11) is -4.83. The molecule has 0 spiro atoms. The molecule has 0 aliphatic carbocycles. The van der Waals surface area contributed by atoms with Gasteiger partial charge in [-0.1, -0.05) is 218 Å². The van der Waals surface area contributed by atoms with Crippen molar-refractivity contribution in [1.29, 1.82) is 0 Å². The Morgan fingerprint density at radius 2 is 0.217 bits per heavy atom. The van der Waals surface area contributed by atoms with E-state index >= 15 is 0 Å². The smallest absolute Gasteiger partial charge is 1.00 e. The summed E-state index contributed by atoms with van der Waals surface area (Å²) in [5, 5.41) is 4.17. The molecule has 0 saturated heterocycles. The van der Waals surface area contributed by atoms with Crippen LogP contribution in [-0.2, 0) is 68.3 Å². The Hall–Kier alpha value is -6.00. The molecule has 0 fully saturated rings. The summed E-state index contributed by atoms with van der Waals surface area (Å²) < 4.78 is 48.4. The molecule has 12 rings (SSSR count). The van der Waals surface area contributed by atoms with Gasteiger partial charge in [-0.15, -0.1) is 0 Å². The molecule has 488 valence electrons. The average Bonchev–Trinajstić information content (AvgIpc) is 1.91. The Bertz CT molecular complexity index is 3000. The largest absolute Gasteiger partial charge is 1.00 e. The van der Waals surface area contributed by atoms with Crippen LogP contribution in [0.4, 0.5) is 0 Å². The van der Waals surface area contributed by atoms with Gasteiger partial charge in [-0.2, -0.15) is 0 Å². The maximum absolute atomic E-state index is 6.05. The minimum atomic E-state index is -1.21. The molecule has 92 heavy (non-hydrogen) atoms. The van der Waals surface area contributed by atoms with Gasteiger partial charge in [-0.25, -0.2) is 0 Å². The maximum atomic E-state index is 6.05. The van der Waals surface area contributed by atoms with E-state index < -0.39 is 33.5 Å². The molecule has 0 bridgehead atoms. The molecule has 12 aromatic carbocycles. The summed E-state index contributed by atoms with van der Waals surface area (Å²) in [6.45, 7) is 0. The molecule has 0 amide bonds. The summed E-state index contributed by atoms with van der Waals surface area (Å²) in [5.74, 6) is 6.47. The van der Waals surface area contributed by atoms with Gasteiger partial charge in [0.25, 0.3) is 0 Å².